The zero-order valence-corrected chi connectivity index (χ0v) is 20.9. The highest BCUT2D eigenvalue weighted by Gasteiger charge is 2.30. The van der Waals surface area contributed by atoms with Crippen LogP contribution in [0.4, 0.5) is 4.79 Å². The number of alkyl carbamates (subject to hydrolysis) is 1. The first-order valence-electron chi connectivity index (χ1n) is 12.2. The van der Waals surface area contributed by atoms with Gasteiger partial charge in [-0.05, 0) is 33.4 Å². The summed E-state index contributed by atoms with van der Waals surface area (Å²) in [4.78, 5) is 24.7. The number of carbonyl (C=O) groups excluding carboxylic acids is 1. The topological polar surface area (TPSA) is 75.6 Å². The number of amides is 1. The lowest BCUT2D eigenvalue weighted by molar-refractivity contribution is -0.138. The van der Waals surface area contributed by atoms with Gasteiger partial charge < -0.3 is 15.2 Å². The Kier molecular flexibility index (Phi) is 7.57. The molecular weight excluding hydrogens is 482 g/mol. The van der Waals surface area contributed by atoms with E-state index in [1.807, 2.05) is 97.1 Å². The summed E-state index contributed by atoms with van der Waals surface area (Å²) < 4.78 is 5.57. The van der Waals surface area contributed by atoms with Crippen molar-refractivity contribution in [3.05, 3.63) is 131 Å². The zero-order valence-electron chi connectivity index (χ0n) is 20.1. The number of benzene rings is 4. The van der Waals surface area contributed by atoms with E-state index in [9.17, 15) is 14.7 Å². The van der Waals surface area contributed by atoms with Gasteiger partial charge in [0.2, 0.25) is 0 Å². The van der Waals surface area contributed by atoms with E-state index in [1.165, 1.54) is 11.8 Å². The van der Waals surface area contributed by atoms with Gasteiger partial charge in [0.1, 0.15) is 12.6 Å². The minimum atomic E-state index is -1.10. The van der Waals surface area contributed by atoms with E-state index in [0.29, 0.717) is 0 Å². The second-order valence-electron chi connectivity index (χ2n) is 8.90. The van der Waals surface area contributed by atoms with Gasteiger partial charge in [0, 0.05) is 11.7 Å². The number of thioether (sulfide) groups is 1. The summed E-state index contributed by atoms with van der Waals surface area (Å²) in [5.41, 5.74) is 6.64. The van der Waals surface area contributed by atoms with Crippen LogP contribution in [-0.4, -0.2) is 35.6 Å². The molecular formula is C31H27NO4S. The average Bonchev–Trinajstić information content (AvgIpc) is 3.26. The van der Waals surface area contributed by atoms with Crippen molar-refractivity contribution in [2.24, 2.45) is 0 Å². The van der Waals surface area contributed by atoms with Crippen LogP contribution < -0.4 is 5.32 Å². The first kappa shape index (κ1) is 24.7. The molecule has 0 aromatic heterocycles. The molecule has 0 saturated carbocycles. The number of nitrogens with one attached hydrogen (secondary N) is 1. The summed E-state index contributed by atoms with van der Waals surface area (Å²) in [6.45, 7) is 0.135. The highest BCUT2D eigenvalue weighted by molar-refractivity contribution is 7.99. The van der Waals surface area contributed by atoms with Crippen molar-refractivity contribution >= 4 is 23.8 Å². The maximum Gasteiger partial charge on any atom is 0.407 e. The van der Waals surface area contributed by atoms with Gasteiger partial charge in [-0.15, -0.1) is 11.8 Å². The highest BCUT2D eigenvalue weighted by atomic mass is 32.2. The van der Waals surface area contributed by atoms with Crippen LogP contribution in [0.2, 0.25) is 0 Å². The second-order valence-corrected chi connectivity index (χ2v) is 10.0. The van der Waals surface area contributed by atoms with Crippen LogP contribution in [0.5, 0.6) is 0 Å². The Morgan fingerprint density at radius 1 is 0.757 bits per heavy atom. The third-order valence-corrected chi connectivity index (χ3v) is 7.97. The Balaban J connectivity index is 1.24. The van der Waals surface area contributed by atoms with Gasteiger partial charge in [-0.25, -0.2) is 9.59 Å². The molecule has 186 valence electrons. The number of carbonyl (C=O) groups is 2. The monoisotopic (exact) mass is 509 g/mol. The average molecular weight is 510 g/mol. The van der Waals surface area contributed by atoms with E-state index in [1.54, 1.807) is 0 Å². The van der Waals surface area contributed by atoms with Crippen molar-refractivity contribution < 1.29 is 19.4 Å². The molecule has 1 amide bonds. The molecule has 0 saturated heterocycles. The molecule has 0 unspecified atom stereocenters. The zero-order chi connectivity index (χ0) is 25.6. The molecule has 1 aliphatic rings. The molecule has 37 heavy (non-hydrogen) atoms. The molecule has 6 heteroatoms. The molecule has 4 aromatic rings. The minimum Gasteiger partial charge on any atom is -0.480 e. The van der Waals surface area contributed by atoms with Gasteiger partial charge in [0.25, 0.3) is 0 Å². The molecule has 1 atom stereocenters. The van der Waals surface area contributed by atoms with Crippen molar-refractivity contribution in [1.29, 1.82) is 0 Å². The number of carboxylic acids is 1. The van der Waals surface area contributed by atoms with Crippen molar-refractivity contribution in [1.82, 2.24) is 5.32 Å². The summed E-state index contributed by atoms with van der Waals surface area (Å²) in [7, 11) is 0. The number of ether oxygens (including phenoxy) is 1. The smallest absolute Gasteiger partial charge is 0.407 e. The molecule has 0 aliphatic heterocycles. The maximum atomic E-state index is 12.7. The maximum absolute atomic E-state index is 12.7. The van der Waals surface area contributed by atoms with Gasteiger partial charge in [-0.2, -0.15) is 0 Å². The van der Waals surface area contributed by atoms with Crippen LogP contribution in [0.25, 0.3) is 11.1 Å². The highest BCUT2D eigenvalue weighted by Crippen LogP contribution is 2.44. The number of fused-ring (bicyclic) bond motifs is 3. The Morgan fingerprint density at radius 2 is 1.24 bits per heavy atom. The van der Waals surface area contributed by atoms with Crippen LogP contribution in [-0.2, 0) is 9.53 Å². The van der Waals surface area contributed by atoms with E-state index >= 15 is 0 Å². The molecule has 2 N–H and O–H groups in total. The van der Waals surface area contributed by atoms with Crippen LogP contribution >= 0.6 is 11.8 Å². The van der Waals surface area contributed by atoms with Crippen LogP contribution in [0, 0.1) is 0 Å². The standard InChI is InChI=1S/C31H27NO4S/c33-30(34)28(20-37-29(21-11-3-1-4-12-21)22-13-5-2-6-14-22)32-31(35)36-19-27-25-17-9-7-15-23(25)24-16-8-10-18-26(24)27/h1-18,27-29H,19-20H2,(H,32,35)(H,33,34)/t28-/m0/s1. The third-order valence-electron chi connectivity index (χ3n) is 6.57. The number of aliphatic carboxylic acids is 1. The Labute approximate surface area is 220 Å². The summed E-state index contributed by atoms with van der Waals surface area (Å²) in [5, 5.41) is 12.3. The Morgan fingerprint density at radius 3 is 1.76 bits per heavy atom. The predicted octanol–water partition coefficient (Wildman–Crippen LogP) is 6.50. The second kappa shape index (κ2) is 11.4. The minimum absolute atomic E-state index is 0.0615. The van der Waals surface area contributed by atoms with E-state index in [4.69, 9.17) is 4.74 Å². The van der Waals surface area contributed by atoms with Gasteiger partial charge in [-0.3, -0.25) is 0 Å². The lowest BCUT2D eigenvalue weighted by atomic mass is 9.98. The van der Waals surface area contributed by atoms with Crippen molar-refractivity contribution in [3.8, 4) is 11.1 Å². The van der Waals surface area contributed by atoms with Crippen molar-refractivity contribution in [3.63, 3.8) is 0 Å². The quantitative estimate of drug-likeness (QED) is 0.269. The normalized spacial score (nSPS) is 13.0. The molecule has 0 spiro atoms. The number of hydrogen-bond acceptors (Lipinski definition) is 4. The Bertz CT molecular complexity index is 1290. The summed E-state index contributed by atoms with van der Waals surface area (Å²) in [5.74, 6) is -0.995. The van der Waals surface area contributed by atoms with Gasteiger partial charge in [0.05, 0.1) is 5.25 Å². The van der Waals surface area contributed by atoms with E-state index in [2.05, 4.69) is 17.4 Å². The lowest BCUT2D eigenvalue weighted by Crippen LogP contribution is -2.43. The molecule has 0 bridgehead atoms. The Hall–Kier alpha value is -4.03. The van der Waals surface area contributed by atoms with Crippen LogP contribution in [0.3, 0.4) is 0 Å². The molecule has 5 nitrogen and oxygen atoms in total. The van der Waals surface area contributed by atoms with Crippen LogP contribution in [0.1, 0.15) is 33.4 Å². The molecule has 0 radical (unpaired) electrons. The predicted molar refractivity (Wildman–Crippen MR) is 147 cm³/mol. The van der Waals surface area contributed by atoms with Gasteiger partial charge in [-0.1, -0.05) is 109 Å². The fourth-order valence-electron chi connectivity index (χ4n) is 4.79. The first-order chi connectivity index (χ1) is 18.1. The van der Waals surface area contributed by atoms with Crippen molar-refractivity contribution in [2.75, 3.05) is 12.4 Å². The number of hydrogen-bond donors (Lipinski definition) is 2. The number of rotatable bonds is 9. The van der Waals surface area contributed by atoms with Crippen molar-refractivity contribution in [2.45, 2.75) is 17.2 Å². The van der Waals surface area contributed by atoms with Gasteiger partial charge in [0.15, 0.2) is 0 Å². The lowest BCUT2D eigenvalue weighted by Gasteiger charge is -2.21. The SMILES string of the molecule is O=C(N[C@@H](CSC(c1ccccc1)c1ccccc1)C(=O)O)OCC1c2ccccc2-c2ccccc21. The molecule has 0 heterocycles. The fourth-order valence-corrected chi connectivity index (χ4v) is 6.10. The number of carboxylic acid groups (broad SMARTS) is 1. The van der Waals surface area contributed by atoms with Gasteiger partial charge >= 0.3 is 12.1 Å². The fraction of sp³-hybridized carbons (Fsp3) is 0.161. The van der Waals surface area contributed by atoms with E-state index < -0.39 is 18.1 Å². The van der Waals surface area contributed by atoms with E-state index in [0.717, 1.165) is 33.4 Å². The summed E-state index contributed by atoms with van der Waals surface area (Å²) in [6, 6.07) is 35.0. The summed E-state index contributed by atoms with van der Waals surface area (Å²) >= 11 is 1.48. The van der Waals surface area contributed by atoms with Crippen LogP contribution in [0.15, 0.2) is 109 Å². The third kappa shape index (κ3) is 5.54. The largest absolute Gasteiger partial charge is 0.480 e. The summed E-state index contributed by atoms with van der Waals surface area (Å²) in [6.07, 6.45) is -0.731. The first-order valence-corrected chi connectivity index (χ1v) is 13.2. The molecule has 1 aliphatic carbocycles. The molecule has 5 rings (SSSR count). The molecule has 0 fully saturated rings. The molecule has 4 aromatic carbocycles. The van der Waals surface area contributed by atoms with E-state index in [-0.39, 0.29) is 23.5 Å².